The Labute approximate surface area is 140 Å². The second-order valence-electron chi connectivity index (χ2n) is 5.61. The van der Waals surface area contributed by atoms with Crippen molar-refractivity contribution in [2.75, 3.05) is 0 Å². The van der Waals surface area contributed by atoms with Gasteiger partial charge in [0, 0.05) is 11.1 Å². The van der Waals surface area contributed by atoms with Crippen molar-refractivity contribution in [2.24, 2.45) is 0 Å². The van der Waals surface area contributed by atoms with Crippen molar-refractivity contribution < 1.29 is 9.21 Å². The van der Waals surface area contributed by atoms with Crippen LogP contribution in [0.1, 0.15) is 34.8 Å². The van der Waals surface area contributed by atoms with Crippen molar-refractivity contribution in [1.82, 2.24) is 0 Å². The van der Waals surface area contributed by atoms with Crippen LogP contribution in [0.4, 0.5) is 0 Å². The van der Waals surface area contributed by atoms with Gasteiger partial charge in [0.1, 0.15) is 11.3 Å². The summed E-state index contributed by atoms with van der Waals surface area (Å²) in [7, 11) is 0. The summed E-state index contributed by atoms with van der Waals surface area (Å²) >= 11 is 0. The molecule has 1 aromatic heterocycles. The SMILES string of the molecule is CCCc1cc(-c2ccccc2)oc(=O)c1C(=O)c1ccccc1. The van der Waals surface area contributed by atoms with E-state index >= 15 is 0 Å². The number of carbonyl (C=O) groups is 1. The molecule has 0 saturated carbocycles. The molecule has 0 unspecified atom stereocenters. The molecule has 3 nitrogen and oxygen atoms in total. The van der Waals surface area contributed by atoms with Crippen molar-refractivity contribution in [3.05, 3.63) is 93.8 Å². The summed E-state index contributed by atoms with van der Waals surface area (Å²) in [5, 5.41) is 0. The Morgan fingerprint density at radius 3 is 2.21 bits per heavy atom. The van der Waals surface area contributed by atoms with Crippen LogP contribution in [0, 0.1) is 0 Å². The first kappa shape index (κ1) is 15.9. The van der Waals surface area contributed by atoms with E-state index in [4.69, 9.17) is 4.42 Å². The predicted octanol–water partition coefficient (Wildman–Crippen LogP) is 4.49. The van der Waals surface area contributed by atoms with Gasteiger partial charge in [-0.1, -0.05) is 74.0 Å². The zero-order chi connectivity index (χ0) is 16.9. The largest absolute Gasteiger partial charge is 0.422 e. The molecular weight excluding hydrogens is 300 g/mol. The van der Waals surface area contributed by atoms with Crippen LogP contribution in [0.3, 0.4) is 0 Å². The van der Waals surface area contributed by atoms with Crippen molar-refractivity contribution in [3.63, 3.8) is 0 Å². The molecule has 0 radical (unpaired) electrons. The van der Waals surface area contributed by atoms with E-state index in [1.54, 1.807) is 24.3 Å². The Balaban J connectivity index is 2.13. The first-order valence-corrected chi connectivity index (χ1v) is 8.03. The lowest BCUT2D eigenvalue weighted by Gasteiger charge is -2.09. The van der Waals surface area contributed by atoms with Gasteiger partial charge in [-0.2, -0.15) is 0 Å². The predicted molar refractivity (Wildman–Crippen MR) is 94.3 cm³/mol. The van der Waals surface area contributed by atoms with E-state index in [0.29, 0.717) is 17.7 Å². The molecule has 0 aliphatic heterocycles. The maximum Gasteiger partial charge on any atom is 0.347 e. The Hall–Kier alpha value is -2.94. The molecule has 3 rings (SSSR count). The fourth-order valence-electron chi connectivity index (χ4n) is 2.73. The average molecular weight is 318 g/mol. The van der Waals surface area contributed by atoms with E-state index in [-0.39, 0.29) is 11.3 Å². The smallest absolute Gasteiger partial charge is 0.347 e. The highest BCUT2D eigenvalue weighted by atomic mass is 16.4. The van der Waals surface area contributed by atoms with Gasteiger partial charge in [0.05, 0.1) is 0 Å². The molecule has 0 bridgehead atoms. The third-order valence-corrected chi connectivity index (χ3v) is 3.87. The van der Waals surface area contributed by atoms with Crippen LogP contribution in [0.2, 0.25) is 0 Å². The maximum absolute atomic E-state index is 12.8. The first-order valence-electron chi connectivity index (χ1n) is 8.03. The van der Waals surface area contributed by atoms with Crippen LogP contribution < -0.4 is 5.63 Å². The molecule has 0 spiro atoms. The molecule has 0 N–H and O–H groups in total. The number of aryl methyl sites for hydroxylation is 1. The summed E-state index contributed by atoms with van der Waals surface area (Å²) < 4.78 is 5.45. The Kier molecular flexibility index (Phi) is 4.71. The molecule has 24 heavy (non-hydrogen) atoms. The number of ketones is 1. The normalized spacial score (nSPS) is 10.5. The molecule has 3 aromatic rings. The highest BCUT2D eigenvalue weighted by Crippen LogP contribution is 2.22. The molecule has 0 fully saturated rings. The van der Waals surface area contributed by atoms with Crippen molar-refractivity contribution >= 4 is 5.78 Å². The van der Waals surface area contributed by atoms with Crippen LogP contribution in [0.25, 0.3) is 11.3 Å². The minimum Gasteiger partial charge on any atom is -0.422 e. The van der Waals surface area contributed by atoms with E-state index in [2.05, 4.69) is 0 Å². The Morgan fingerprint density at radius 2 is 1.58 bits per heavy atom. The summed E-state index contributed by atoms with van der Waals surface area (Å²) in [5.41, 5.74) is 1.62. The molecule has 0 atom stereocenters. The average Bonchev–Trinajstić information content (AvgIpc) is 2.63. The summed E-state index contributed by atoms with van der Waals surface area (Å²) in [6, 6.07) is 20.1. The van der Waals surface area contributed by atoms with Crippen molar-refractivity contribution in [1.29, 1.82) is 0 Å². The molecule has 2 aromatic carbocycles. The van der Waals surface area contributed by atoms with Gasteiger partial charge in [-0.25, -0.2) is 4.79 Å². The van der Waals surface area contributed by atoms with Crippen molar-refractivity contribution in [3.8, 4) is 11.3 Å². The highest BCUT2D eigenvalue weighted by molar-refractivity contribution is 6.09. The topological polar surface area (TPSA) is 47.3 Å². The van der Waals surface area contributed by atoms with Crippen LogP contribution in [-0.4, -0.2) is 5.78 Å². The monoisotopic (exact) mass is 318 g/mol. The third-order valence-electron chi connectivity index (χ3n) is 3.87. The van der Waals surface area contributed by atoms with Gasteiger partial charge in [-0.05, 0) is 18.1 Å². The molecule has 0 amide bonds. The van der Waals surface area contributed by atoms with Crippen molar-refractivity contribution in [2.45, 2.75) is 19.8 Å². The lowest BCUT2D eigenvalue weighted by atomic mass is 9.96. The minimum absolute atomic E-state index is 0.141. The summed E-state index contributed by atoms with van der Waals surface area (Å²) in [6.45, 7) is 2.02. The quantitative estimate of drug-likeness (QED) is 0.651. The Bertz CT molecular complexity index is 893. The van der Waals surface area contributed by atoms with E-state index < -0.39 is 5.63 Å². The molecule has 3 heteroatoms. The number of carbonyl (C=O) groups excluding carboxylic acids is 1. The Morgan fingerprint density at radius 1 is 0.958 bits per heavy atom. The van der Waals surface area contributed by atoms with E-state index in [1.165, 1.54) is 0 Å². The van der Waals surface area contributed by atoms with Crippen LogP contribution in [0.5, 0.6) is 0 Å². The second-order valence-corrected chi connectivity index (χ2v) is 5.61. The summed E-state index contributed by atoms with van der Waals surface area (Å²) in [6.07, 6.45) is 1.49. The number of hydrogen-bond donors (Lipinski definition) is 0. The van der Waals surface area contributed by atoms with Gasteiger partial charge in [0.2, 0.25) is 5.78 Å². The van der Waals surface area contributed by atoms with Gasteiger partial charge in [0.15, 0.2) is 0 Å². The number of hydrogen-bond acceptors (Lipinski definition) is 3. The van der Waals surface area contributed by atoms with Crippen LogP contribution in [0.15, 0.2) is 75.9 Å². The number of rotatable bonds is 5. The van der Waals surface area contributed by atoms with Gasteiger partial charge in [-0.3, -0.25) is 4.79 Å². The number of benzene rings is 2. The third kappa shape index (κ3) is 3.20. The fraction of sp³-hybridized carbons (Fsp3) is 0.143. The lowest BCUT2D eigenvalue weighted by Crippen LogP contribution is -2.18. The van der Waals surface area contributed by atoms with Gasteiger partial charge in [-0.15, -0.1) is 0 Å². The first-order chi connectivity index (χ1) is 11.7. The van der Waals surface area contributed by atoms with Crippen LogP contribution >= 0.6 is 0 Å². The van der Waals surface area contributed by atoms with Gasteiger partial charge >= 0.3 is 5.63 Å². The van der Waals surface area contributed by atoms with Gasteiger partial charge < -0.3 is 4.42 Å². The molecule has 0 saturated heterocycles. The van der Waals surface area contributed by atoms with E-state index in [0.717, 1.165) is 17.5 Å². The fourth-order valence-corrected chi connectivity index (χ4v) is 2.73. The zero-order valence-corrected chi connectivity index (χ0v) is 13.5. The maximum atomic E-state index is 12.8. The lowest BCUT2D eigenvalue weighted by molar-refractivity contribution is 0.103. The molecule has 120 valence electrons. The molecule has 0 aliphatic rings. The van der Waals surface area contributed by atoms with Crippen LogP contribution in [-0.2, 0) is 6.42 Å². The minimum atomic E-state index is -0.575. The second kappa shape index (κ2) is 7.09. The summed E-state index contributed by atoms with van der Waals surface area (Å²) in [4.78, 5) is 25.3. The highest BCUT2D eigenvalue weighted by Gasteiger charge is 2.20. The van der Waals surface area contributed by atoms with Gasteiger partial charge in [0.25, 0.3) is 0 Å². The zero-order valence-electron chi connectivity index (χ0n) is 13.5. The standard InChI is InChI=1S/C21H18O3/c1-2-9-17-14-18(15-10-5-3-6-11-15)24-21(23)19(17)20(22)16-12-7-4-8-13-16/h3-8,10-14H,2,9H2,1H3. The molecular formula is C21H18O3. The van der Waals surface area contributed by atoms with E-state index in [9.17, 15) is 9.59 Å². The van der Waals surface area contributed by atoms with E-state index in [1.807, 2.05) is 49.4 Å². The molecule has 1 heterocycles. The summed E-state index contributed by atoms with van der Waals surface area (Å²) in [5.74, 6) is 0.209. The molecule has 0 aliphatic carbocycles.